The molecule has 2 N–H and O–H groups in total. The van der Waals surface area contributed by atoms with E-state index in [2.05, 4.69) is 0 Å². The second kappa shape index (κ2) is 6.45. The van der Waals surface area contributed by atoms with Gasteiger partial charge in [-0.05, 0) is 24.6 Å². The monoisotopic (exact) mass is 347 g/mol. The number of phenols is 1. The fraction of sp³-hybridized carbons (Fsp3) is 0.333. The molecule has 2 aromatic carbocycles. The zero-order chi connectivity index (χ0) is 17.3. The lowest BCUT2D eigenvalue weighted by atomic mass is 10.1. The highest BCUT2D eigenvalue weighted by Crippen LogP contribution is 2.29. The standard InChI is InChI=1S/C18H21NO4S/c1-13-5-7-14(8-6-13)10-19(15-3-2-4-16(20)9-15)17-11-24(22,23)12-18(17)21/h2-9,17-18,20-21H,10-12H2,1H3/t17-,18+/m0/s1. The van der Waals surface area contributed by atoms with Gasteiger partial charge in [0.1, 0.15) is 5.75 Å². The van der Waals surface area contributed by atoms with E-state index in [4.69, 9.17) is 0 Å². The van der Waals surface area contributed by atoms with Crippen LogP contribution in [0.3, 0.4) is 0 Å². The zero-order valence-corrected chi connectivity index (χ0v) is 14.3. The molecule has 6 heteroatoms. The highest BCUT2D eigenvalue weighted by atomic mass is 32.2. The first-order valence-corrected chi connectivity index (χ1v) is 9.66. The molecule has 0 amide bonds. The molecular formula is C18H21NO4S. The zero-order valence-electron chi connectivity index (χ0n) is 13.5. The van der Waals surface area contributed by atoms with Crippen molar-refractivity contribution < 1.29 is 18.6 Å². The van der Waals surface area contributed by atoms with Crippen molar-refractivity contribution in [3.63, 3.8) is 0 Å². The average Bonchev–Trinajstić information content (AvgIpc) is 2.79. The van der Waals surface area contributed by atoms with Crippen LogP contribution in [-0.4, -0.2) is 42.3 Å². The van der Waals surface area contributed by atoms with Crippen LogP contribution in [0.25, 0.3) is 0 Å². The number of nitrogens with zero attached hydrogens (tertiary/aromatic N) is 1. The molecule has 0 aliphatic carbocycles. The Morgan fingerprint density at radius 3 is 2.42 bits per heavy atom. The van der Waals surface area contributed by atoms with Crippen LogP contribution in [0.15, 0.2) is 48.5 Å². The van der Waals surface area contributed by atoms with E-state index in [1.165, 1.54) is 0 Å². The number of aryl methyl sites for hydroxylation is 1. The molecule has 5 nitrogen and oxygen atoms in total. The van der Waals surface area contributed by atoms with Crippen LogP contribution < -0.4 is 4.90 Å². The lowest BCUT2D eigenvalue weighted by Gasteiger charge is -2.32. The van der Waals surface area contributed by atoms with Gasteiger partial charge in [-0.15, -0.1) is 0 Å². The van der Waals surface area contributed by atoms with E-state index in [0.717, 1.165) is 11.1 Å². The fourth-order valence-electron chi connectivity index (χ4n) is 3.07. The van der Waals surface area contributed by atoms with Gasteiger partial charge in [0, 0.05) is 18.3 Å². The lowest BCUT2D eigenvalue weighted by molar-refractivity contribution is 0.177. The summed E-state index contributed by atoms with van der Waals surface area (Å²) in [6.45, 7) is 2.46. The number of hydrogen-bond acceptors (Lipinski definition) is 5. The molecular weight excluding hydrogens is 326 g/mol. The normalized spacial score (nSPS) is 22.4. The summed E-state index contributed by atoms with van der Waals surface area (Å²) in [4.78, 5) is 1.86. The van der Waals surface area contributed by atoms with Crippen LogP contribution >= 0.6 is 0 Å². The van der Waals surface area contributed by atoms with Crippen molar-refractivity contribution in [1.29, 1.82) is 0 Å². The van der Waals surface area contributed by atoms with Crippen LogP contribution in [0.4, 0.5) is 5.69 Å². The minimum absolute atomic E-state index is 0.0876. The number of aliphatic hydroxyl groups excluding tert-OH is 1. The molecule has 0 radical (unpaired) electrons. The Morgan fingerprint density at radius 2 is 1.83 bits per heavy atom. The first-order valence-electron chi connectivity index (χ1n) is 7.84. The van der Waals surface area contributed by atoms with Gasteiger partial charge in [-0.1, -0.05) is 35.9 Å². The van der Waals surface area contributed by atoms with Crippen LogP contribution in [0.1, 0.15) is 11.1 Å². The molecule has 2 atom stereocenters. The number of phenolic OH excluding ortho intramolecular Hbond substituents is 1. The Balaban J connectivity index is 1.96. The Hall–Kier alpha value is -2.05. The number of anilines is 1. The van der Waals surface area contributed by atoms with Gasteiger partial charge in [-0.25, -0.2) is 8.42 Å². The molecule has 3 rings (SSSR count). The van der Waals surface area contributed by atoms with Crippen molar-refractivity contribution in [2.75, 3.05) is 16.4 Å². The van der Waals surface area contributed by atoms with Gasteiger partial charge >= 0.3 is 0 Å². The largest absolute Gasteiger partial charge is 0.508 e. The summed E-state index contributed by atoms with van der Waals surface area (Å²) < 4.78 is 23.8. The molecule has 0 unspecified atom stereocenters. The highest BCUT2D eigenvalue weighted by Gasteiger charge is 2.40. The van der Waals surface area contributed by atoms with Crippen molar-refractivity contribution in [3.05, 3.63) is 59.7 Å². The summed E-state index contributed by atoms with van der Waals surface area (Å²) >= 11 is 0. The van der Waals surface area contributed by atoms with E-state index in [1.54, 1.807) is 18.2 Å². The summed E-state index contributed by atoms with van der Waals surface area (Å²) in [6.07, 6.45) is -0.942. The Bertz CT molecular complexity index is 817. The molecule has 0 spiro atoms. The number of sulfone groups is 1. The maximum absolute atomic E-state index is 11.9. The smallest absolute Gasteiger partial charge is 0.155 e. The van der Waals surface area contributed by atoms with Crippen molar-refractivity contribution >= 4 is 15.5 Å². The summed E-state index contributed by atoms with van der Waals surface area (Å²) in [5.41, 5.74) is 2.85. The Morgan fingerprint density at radius 1 is 1.12 bits per heavy atom. The SMILES string of the molecule is Cc1ccc(CN(c2cccc(O)c2)[C@H]2CS(=O)(=O)C[C@H]2O)cc1. The molecule has 1 aliphatic heterocycles. The number of benzene rings is 2. The van der Waals surface area contributed by atoms with E-state index in [9.17, 15) is 18.6 Å². The van der Waals surface area contributed by atoms with Gasteiger partial charge < -0.3 is 15.1 Å². The highest BCUT2D eigenvalue weighted by molar-refractivity contribution is 7.91. The molecule has 0 aromatic heterocycles. The van der Waals surface area contributed by atoms with Crippen molar-refractivity contribution in [2.45, 2.75) is 25.6 Å². The van der Waals surface area contributed by atoms with Gasteiger partial charge in [0.15, 0.2) is 9.84 Å². The predicted molar refractivity (Wildman–Crippen MR) is 93.9 cm³/mol. The third-order valence-corrected chi connectivity index (χ3v) is 6.03. The van der Waals surface area contributed by atoms with E-state index >= 15 is 0 Å². The molecule has 0 bridgehead atoms. The molecule has 1 fully saturated rings. The molecule has 1 aliphatic rings. The minimum atomic E-state index is -3.26. The third kappa shape index (κ3) is 3.71. The second-order valence-electron chi connectivity index (χ2n) is 6.34. The molecule has 1 saturated heterocycles. The van der Waals surface area contributed by atoms with Crippen molar-refractivity contribution in [1.82, 2.24) is 0 Å². The molecule has 0 saturated carbocycles. The van der Waals surface area contributed by atoms with E-state index in [-0.39, 0.29) is 17.3 Å². The van der Waals surface area contributed by atoms with Crippen LogP contribution in [0.5, 0.6) is 5.75 Å². The van der Waals surface area contributed by atoms with Crippen LogP contribution in [0.2, 0.25) is 0 Å². The number of aliphatic hydroxyl groups is 1. The minimum Gasteiger partial charge on any atom is -0.508 e. The van der Waals surface area contributed by atoms with E-state index < -0.39 is 22.0 Å². The predicted octanol–water partition coefficient (Wildman–Crippen LogP) is 1.87. The molecule has 128 valence electrons. The first kappa shape index (κ1) is 16.8. The van der Waals surface area contributed by atoms with Gasteiger partial charge in [-0.2, -0.15) is 0 Å². The van der Waals surface area contributed by atoms with E-state index in [0.29, 0.717) is 12.2 Å². The summed E-state index contributed by atoms with van der Waals surface area (Å²) in [6, 6.07) is 14.1. The summed E-state index contributed by atoms with van der Waals surface area (Å²) in [5.74, 6) is -0.201. The topological polar surface area (TPSA) is 77.8 Å². The van der Waals surface area contributed by atoms with Crippen LogP contribution in [-0.2, 0) is 16.4 Å². The van der Waals surface area contributed by atoms with Gasteiger partial charge in [-0.3, -0.25) is 0 Å². The summed E-state index contributed by atoms with van der Waals surface area (Å²) in [5, 5.41) is 20.0. The third-order valence-electron chi connectivity index (χ3n) is 4.33. The number of aromatic hydroxyl groups is 1. The van der Waals surface area contributed by atoms with Crippen LogP contribution in [0, 0.1) is 6.92 Å². The Kier molecular flexibility index (Phi) is 4.51. The molecule has 24 heavy (non-hydrogen) atoms. The van der Waals surface area contributed by atoms with Gasteiger partial charge in [0.25, 0.3) is 0 Å². The Labute approximate surface area is 142 Å². The molecule has 1 heterocycles. The van der Waals surface area contributed by atoms with Gasteiger partial charge in [0.2, 0.25) is 0 Å². The lowest BCUT2D eigenvalue weighted by Crippen LogP contribution is -2.42. The van der Waals surface area contributed by atoms with Crippen molar-refractivity contribution in [2.24, 2.45) is 0 Å². The quantitative estimate of drug-likeness (QED) is 0.883. The maximum Gasteiger partial charge on any atom is 0.155 e. The second-order valence-corrected chi connectivity index (χ2v) is 8.50. The number of rotatable bonds is 4. The van der Waals surface area contributed by atoms with Crippen molar-refractivity contribution in [3.8, 4) is 5.75 Å². The summed E-state index contributed by atoms with van der Waals surface area (Å²) in [7, 11) is -3.26. The van der Waals surface area contributed by atoms with Gasteiger partial charge in [0.05, 0.1) is 23.7 Å². The number of hydrogen-bond donors (Lipinski definition) is 2. The average molecular weight is 347 g/mol. The first-order chi connectivity index (χ1) is 11.3. The fourth-order valence-corrected chi connectivity index (χ4v) is 4.87. The molecule has 2 aromatic rings. The van der Waals surface area contributed by atoms with E-state index in [1.807, 2.05) is 42.2 Å². The maximum atomic E-state index is 11.9.